The zero-order valence-corrected chi connectivity index (χ0v) is 11.4. The number of nitrogens with zero attached hydrogens (tertiary/aromatic N) is 5. The lowest BCUT2D eigenvalue weighted by Gasteiger charge is -2.29. The van der Waals surface area contributed by atoms with E-state index in [9.17, 15) is 4.79 Å². The van der Waals surface area contributed by atoms with Crippen molar-refractivity contribution >= 4 is 10.9 Å². The molecule has 0 amide bonds. The minimum Gasteiger partial charge on any atom is -0.356 e. The summed E-state index contributed by atoms with van der Waals surface area (Å²) in [4.78, 5) is 22.3. The first kappa shape index (κ1) is 13.4. The summed E-state index contributed by atoms with van der Waals surface area (Å²) in [6.45, 7) is 0. The molecule has 1 aromatic carbocycles. The molecule has 7 heteroatoms. The van der Waals surface area contributed by atoms with Crippen LogP contribution < -0.4 is 10.4 Å². The topological polar surface area (TPSA) is 63.5 Å². The molecule has 1 heterocycles. The standard InChI is InChI=1S/C12H17N5O2/c1-15(2)12(16(3)4)19-17-11(18)9-7-5-6-8-10(9)13-14-17/h5-8,12H,1-4H3. The Morgan fingerprint density at radius 2 is 1.79 bits per heavy atom. The Morgan fingerprint density at radius 3 is 2.42 bits per heavy atom. The van der Waals surface area contributed by atoms with Crippen molar-refractivity contribution in [1.29, 1.82) is 0 Å². The van der Waals surface area contributed by atoms with Gasteiger partial charge in [0.15, 0.2) is 0 Å². The second-order valence-corrected chi connectivity index (χ2v) is 4.64. The first-order valence-corrected chi connectivity index (χ1v) is 5.85. The fourth-order valence-corrected chi connectivity index (χ4v) is 1.78. The van der Waals surface area contributed by atoms with Gasteiger partial charge in [0.25, 0.3) is 0 Å². The summed E-state index contributed by atoms with van der Waals surface area (Å²) >= 11 is 0. The highest BCUT2D eigenvalue weighted by Crippen LogP contribution is 2.03. The van der Waals surface area contributed by atoms with E-state index in [4.69, 9.17) is 4.84 Å². The van der Waals surface area contributed by atoms with Crippen LogP contribution in [0, 0.1) is 0 Å². The predicted octanol–water partition coefficient (Wildman–Crippen LogP) is -0.373. The molecule has 0 aliphatic heterocycles. The van der Waals surface area contributed by atoms with E-state index >= 15 is 0 Å². The molecule has 2 rings (SSSR count). The van der Waals surface area contributed by atoms with Crippen molar-refractivity contribution in [1.82, 2.24) is 25.0 Å². The molecule has 1 aromatic heterocycles. The Hall–Kier alpha value is -1.99. The van der Waals surface area contributed by atoms with E-state index in [1.54, 1.807) is 18.2 Å². The Bertz CT molecular complexity index is 615. The first-order valence-electron chi connectivity index (χ1n) is 5.85. The van der Waals surface area contributed by atoms with E-state index in [1.165, 1.54) is 0 Å². The molecule has 7 nitrogen and oxygen atoms in total. The van der Waals surface area contributed by atoms with Gasteiger partial charge in [0.05, 0.1) is 5.39 Å². The summed E-state index contributed by atoms with van der Waals surface area (Å²) in [5.41, 5.74) is 0.234. The minimum absolute atomic E-state index is 0.320. The van der Waals surface area contributed by atoms with Gasteiger partial charge in [-0.25, -0.2) is 0 Å². The second kappa shape index (κ2) is 5.33. The average Bonchev–Trinajstić information content (AvgIpc) is 2.37. The van der Waals surface area contributed by atoms with Gasteiger partial charge < -0.3 is 4.84 Å². The molecule has 0 unspecified atom stereocenters. The predicted molar refractivity (Wildman–Crippen MR) is 71.5 cm³/mol. The van der Waals surface area contributed by atoms with Gasteiger partial charge in [0.1, 0.15) is 5.52 Å². The van der Waals surface area contributed by atoms with Crippen LogP contribution in [0.2, 0.25) is 0 Å². The summed E-state index contributed by atoms with van der Waals surface area (Å²) < 4.78 is 0. The molecule has 0 aliphatic carbocycles. The van der Waals surface area contributed by atoms with Crippen LogP contribution in [0.25, 0.3) is 10.9 Å². The van der Waals surface area contributed by atoms with Crippen LogP contribution in [0.3, 0.4) is 0 Å². The number of fused-ring (bicyclic) bond motifs is 1. The number of rotatable bonds is 4. The van der Waals surface area contributed by atoms with Crippen molar-refractivity contribution in [3.63, 3.8) is 0 Å². The van der Waals surface area contributed by atoms with Crippen LogP contribution >= 0.6 is 0 Å². The number of hydrogen-bond donors (Lipinski definition) is 0. The Kier molecular flexibility index (Phi) is 3.77. The van der Waals surface area contributed by atoms with Gasteiger partial charge in [0, 0.05) is 0 Å². The van der Waals surface area contributed by atoms with Gasteiger partial charge in [-0.3, -0.25) is 14.6 Å². The van der Waals surface area contributed by atoms with Crippen molar-refractivity contribution < 1.29 is 4.84 Å². The quantitative estimate of drug-likeness (QED) is 0.701. The van der Waals surface area contributed by atoms with Crippen LogP contribution in [0.15, 0.2) is 29.1 Å². The fraction of sp³-hybridized carbons (Fsp3) is 0.417. The third-order valence-corrected chi connectivity index (χ3v) is 2.62. The van der Waals surface area contributed by atoms with E-state index in [2.05, 4.69) is 10.3 Å². The first-order chi connectivity index (χ1) is 9.00. The minimum atomic E-state index is -0.409. The number of benzene rings is 1. The Balaban J connectivity index is 2.41. The maximum Gasteiger partial charge on any atom is 0.314 e. The molecule has 0 fully saturated rings. The summed E-state index contributed by atoms with van der Waals surface area (Å²) in [5.74, 6) is 0. The van der Waals surface area contributed by atoms with E-state index in [0.717, 1.165) is 4.85 Å². The smallest absolute Gasteiger partial charge is 0.314 e. The molecule has 2 aromatic rings. The Morgan fingerprint density at radius 1 is 1.16 bits per heavy atom. The Labute approximate surface area is 110 Å². The number of hydrogen-bond acceptors (Lipinski definition) is 6. The van der Waals surface area contributed by atoms with Crippen molar-refractivity contribution in [3.05, 3.63) is 34.6 Å². The van der Waals surface area contributed by atoms with Crippen molar-refractivity contribution in [3.8, 4) is 0 Å². The van der Waals surface area contributed by atoms with Crippen LogP contribution in [-0.4, -0.2) is 59.5 Å². The summed E-state index contributed by atoms with van der Waals surface area (Å²) in [6.07, 6.45) is -0.409. The van der Waals surface area contributed by atoms with Gasteiger partial charge in [-0.1, -0.05) is 12.1 Å². The third-order valence-electron chi connectivity index (χ3n) is 2.62. The lowest BCUT2D eigenvalue weighted by molar-refractivity contribution is -0.138. The zero-order chi connectivity index (χ0) is 14.0. The normalized spacial score (nSPS) is 11.7. The van der Waals surface area contributed by atoms with E-state index in [1.807, 2.05) is 44.1 Å². The molecular weight excluding hydrogens is 246 g/mol. The molecule has 0 saturated carbocycles. The molecular formula is C12H17N5O2. The van der Waals surface area contributed by atoms with E-state index in [0.29, 0.717) is 10.9 Å². The summed E-state index contributed by atoms with van der Waals surface area (Å²) in [7, 11) is 7.41. The SMILES string of the molecule is CN(C)C(On1nnc2ccccc2c1=O)N(C)C. The monoisotopic (exact) mass is 263 g/mol. The molecule has 0 aliphatic rings. The highest BCUT2D eigenvalue weighted by atomic mass is 16.7. The van der Waals surface area contributed by atoms with Crippen molar-refractivity contribution in [2.45, 2.75) is 6.35 Å². The fourth-order valence-electron chi connectivity index (χ4n) is 1.78. The lowest BCUT2D eigenvalue weighted by atomic mass is 10.2. The van der Waals surface area contributed by atoms with Gasteiger partial charge >= 0.3 is 5.56 Å². The summed E-state index contributed by atoms with van der Waals surface area (Å²) in [6, 6.07) is 7.03. The molecule has 19 heavy (non-hydrogen) atoms. The van der Waals surface area contributed by atoms with E-state index < -0.39 is 6.35 Å². The lowest BCUT2D eigenvalue weighted by Crippen LogP contribution is -2.50. The summed E-state index contributed by atoms with van der Waals surface area (Å²) in [5, 5.41) is 8.23. The van der Waals surface area contributed by atoms with Gasteiger partial charge in [0.2, 0.25) is 6.35 Å². The third kappa shape index (κ3) is 2.72. The van der Waals surface area contributed by atoms with Crippen LogP contribution in [0.5, 0.6) is 0 Å². The van der Waals surface area contributed by atoms with Crippen LogP contribution in [0.4, 0.5) is 0 Å². The highest BCUT2D eigenvalue weighted by molar-refractivity contribution is 5.76. The van der Waals surface area contributed by atoms with Crippen LogP contribution in [-0.2, 0) is 0 Å². The molecule has 0 spiro atoms. The molecule has 0 radical (unpaired) electrons. The highest BCUT2D eigenvalue weighted by Gasteiger charge is 2.18. The molecule has 102 valence electrons. The maximum absolute atomic E-state index is 12.2. The number of aromatic nitrogens is 3. The second-order valence-electron chi connectivity index (χ2n) is 4.64. The molecule has 0 atom stereocenters. The van der Waals surface area contributed by atoms with Gasteiger partial charge in [-0.2, -0.15) is 0 Å². The average molecular weight is 263 g/mol. The van der Waals surface area contributed by atoms with Gasteiger partial charge in [-0.05, 0) is 50.4 Å². The van der Waals surface area contributed by atoms with Crippen LogP contribution in [0.1, 0.15) is 0 Å². The van der Waals surface area contributed by atoms with E-state index in [-0.39, 0.29) is 5.56 Å². The van der Waals surface area contributed by atoms with Crippen molar-refractivity contribution in [2.24, 2.45) is 0 Å². The van der Waals surface area contributed by atoms with Gasteiger partial charge in [-0.15, -0.1) is 5.10 Å². The molecule has 0 saturated heterocycles. The zero-order valence-electron chi connectivity index (χ0n) is 11.4. The molecule has 0 N–H and O–H groups in total. The van der Waals surface area contributed by atoms with Crippen molar-refractivity contribution in [2.75, 3.05) is 28.2 Å². The maximum atomic E-state index is 12.2. The molecule has 0 bridgehead atoms. The largest absolute Gasteiger partial charge is 0.356 e.